The fourth-order valence-corrected chi connectivity index (χ4v) is 2.39. The molecule has 0 unspecified atom stereocenters. The Morgan fingerprint density at radius 3 is 2.23 bits per heavy atom. The maximum Gasteiger partial charge on any atom is 0.0361 e. The molecule has 2 aromatic rings. The summed E-state index contributed by atoms with van der Waals surface area (Å²) in [7, 11) is 4.08. The van der Waals surface area contributed by atoms with Gasteiger partial charge in [0.1, 0.15) is 0 Å². The highest BCUT2D eigenvalue weighted by Gasteiger charge is 2.05. The maximum absolute atomic E-state index is 5.72. The molecule has 0 heterocycles. The lowest BCUT2D eigenvalue weighted by molar-refractivity contribution is 0.961. The molecule has 0 radical (unpaired) electrons. The maximum atomic E-state index is 5.72. The van der Waals surface area contributed by atoms with Crippen LogP contribution in [0, 0.1) is 25.7 Å². The van der Waals surface area contributed by atoms with Gasteiger partial charge in [-0.05, 0) is 67.8 Å². The SMILES string of the molecule is Cc1ccc(CCN)c(C#Cc2ccc(N(C)C)cc2)c1C. The van der Waals surface area contributed by atoms with Crippen molar-refractivity contribution in [2.45, 2.75) is 20.3 Å². The van der Waals surface area contributed by atoms with E-state index in [0.29, 0.717) is 6.54 Å². The first-order valence-corrected chi connectivity index (χ1v) is 7.61. The van der Waals surface area contributed by atoms with Gasteiger partial charge in [0.25, 0.3) is 0 Å². The average molecular weight is 292 g/mol. The van der Waals surface area contributed by atoms with Gasteiger partial charge in [-0.15, -0.1) is 0 Å². The smallest absolute Gasteiger partial charge is 0.0361 e. The summed E-state index contributed by atoms with van der Waals surface area (Å²) >= 11 is 0. The second-order valence-electron chi connectivity index (χ2n) is 5.77. The van der Waals surface area contributed by atoms with E-state index in [4.69, 9.17) is 5.73 Å². The minimum Gasteiger partial charge on any atom is -0.378 e. The van der Waals surface area contributed by atoms with Crippen molar-refractivity contribution in [2.75, 3.05) is 25.5 Å². The van der Waals surface area contributed by atoms with Crippen LogP contribution in [0.1, 0.15) is 27.8 Å². The van der Waals surface area contributed by atoms with Crippen molar-refractivity contribution in [1.82, 2.24) is 0 Å². The fraction of sp³-hybridized carbons (Fsp3) is 0.300. The summed E-state index contributed by atoms with van der Waals surface area (Å²) in [5.74, 6) is 6.64. The summed E-state index contributed by atoms with van der Waals surface area (Å²) in [4.78, 5) is 2.08. The Bertz CT molecular complexity index is 701. The molecule has 114 valence electrons. The molecule has 2 rings (SSSR count). The van der Waals surface area contributed by atoms with Crippen LogP contribution in [0.4, 0.5) is 5.69 Å². The lowest BCUT2D eigenvalue weighted by atomic mass is 9.96. The van der Waals surface area contributed by atoms with Gasteiger partial charge in [0.15, 0.2) is 0 Å². The molecule has 0 aromatic heterocycles. The molecule has 2 nitrogen and oxygen atoms in total. The van der Waals surface area contributed by atoms with Crippen LogP contribution >= 0.6 is 0 Å². The minimum absolute atomic E-state index is 0.648. The summed E-state index contributed by atoms with van der Waals surface area (Å²) < 4.78 is 0. The van der Waals surface area contributed by atoms with E-state index >= 15 is 0 Å². The van der Waals surface area contributed by atoms with E-state index in [0.717, 1.165) is 17.5 Å². The number of nitrogens with zero attached hydrogens (tertiary/aromatic N) is 1. The molecule has 22 heavy (non-hydrogen) atoms. The molecule has 0 saturated carbocycles. The van der Waals surface area contributed by atoms with E-state index in [9.17, 15) is 0 Å². The lowest BCUT2D eigenvalue weighted by Crippen LogP contribution is -2.07. The Hall–Kier alpha value is -2.24. The molecule has 2 aromatic carbocycles. The summed E-state index contributed by atoms with van der Waals surface area (Å²) in [6.45, 7) is 4.90. The zero-order valence-corrected chi connectivity index (χ0v) is 13.9. The van der Waals surface area contributed by atoms with Crippen LogP contribution in [0.5, 0.6) is 0 Å². The lowest BCUT2D eigenvalue weighted by Gasteiger charge is -2.11. The molecule has 2 heteroatoms. The van der Waals surface area contributed by atoms with Gasteiger partial charge in [-0.1, -0.05) is 24.0 Å². The molecular formula is C20H24N2. The van der Waals surface area contributed by atoms with Gasteiger partial charge >= 0.3 is 0 Å². The van der Waals surface area contributed by atoms with Crippen molar-refractivity contribution in [3.05, 3.63) is 64.2 Å². The van der Waals surface area contributed by atoms with Crippen molar-refractivity contribution >= 4 is 5.69 Å². The largest absolute Gasteiger partial charge is 0.378 e. The van der Waals surface area contributed by atoms with Crippen LogP contribution in [0.15, 0.2) is 36.4 Å². The standard InChI is InChI=1S/C20H24N2/c1-15-5-9-18(13-14-21)20(16(15)2)12-8-17-6-10-19(11-7-17)22(3)4/h5-7,9-11H,13-14,21H2,1-4H3. The first kappa shape index (κ1) is 16.1. The van der Waals surface area contributed by atoms with Crippen LogP contribution < -0.4 is 10.6 Å². The van der Waals surface area contributed by atoms with Gasteiger partial charge in [0, 0.05) is 30.9 Å². The predicted octanol–water partition coefficient (Wildman–Crippen LogP) is 3.27. The monoisotopic (exact) mass is 292 g/mol. The zero-order valence-electron chi connectivity index (χ0n) is 13.9. The molecule has 0 aliphatic heterocycles. The van der Waals surface area contributed by atoms with Gasteiger partial charge in [-0.3, -0.25) is 0 Å². The Kier molecular flexibility index (Phi) is 5.25. The molecule has 0 saturated heterocycles. The molecule has 0 spiro atoms. The minimum atomic E-state index is 0.648. The average Bonchev–Trinajstić information content (AvgIpc) is 2.51. The van der Waals surface area contributed by atoms with Gasteiger partial charge in [0.05, 0.1) is 0 Å². The van der Waals surface area contributed by atoms with Crippen molar-refractivity contribution in [3.8, 4) is 11.8 Å². The third-order valence-corrected chi connectivity index (χ3v) is 3.95. The topological polar surface area (TPSA) is 29.3 Å². The van der Waals surface area contributed by atoms with Crippen molar-refractivity contribution in [1.29, 1.82) is 0 Å². The quantitative estimate of drug-likeness (QED) is 0.880. The fourth-order valence-electron chi connectivity index (χ4n) is 2.39. The van der Waals surface area contributed by atoms with Crippen LogP contribution in [0.3, 0.4) is 0 Å². The highest BCUT2D eigenvalue weighted by atomic mass is 15.1. The van der Waals surface area contributed by atoms with Gasteiger partial charge in [0.2, 0.25) is 0 Å². The number of hydrogen-bond acceptors (Lipinski definition) is 2. The van der Waals surface area contributed by atoms with Crippen LogP contribution in [0.2, 0.25) is 0 Å². The van der Waals surface area contributed by atoms with Crippen LogP contribution in [0.25, 0.3) is 0 Å². The summed E-state index contributed by atoms with van der Waals surface area (Å²) in [6.07, 6.45) is 0.866. The number of rotatable bonds is 3. The van der Waals surface area contributed by atoms with E-state index in [1.807, 2.05) is 14.1 Å². The van der Waals surface area contributed by atoms with E-state index < -0.39 is 0 Å². The van der Waals surface area contributed by atoms with E-state index in [1.165, 1.54) is 22.4 Å². The van der Waals surface area contributed by atoms with Crippen LogP contribution in [-0.2, 0) is 6.42 Å². The van der Waals surface area contributed by atoms with E-state index in [-0.39, 0.29) is 0 Å². The Balaban J connectivity index is 2.36. The molecular weight excluding hydrogens is 268 g/mol. The third-order valence-electron chi connectivity index (χ3n) is 3.95. The van der Waals surface area contributed by atoms with E-state index in [2.05, 4.69) is 67.0 Å². The second-order valence-corrected chi connectivity index (χ2v) is 5.77. The van der Waals surface area contributed by atoms with Gasteiger partial charge in [-0.25, -0.2) is 0 Å². The molecule has 0 aliphatic carbocycles. The molecule has 0 fully saturated rings. The number of benzene rings is 2. The van der Waals surface area contributed by atoms with Gasteiger partial charge in [-0.2, -0.15) is 0 Å². The molecule has 0 atom stereocenters. The predicted molar refractivity (Wildman–Crippen MR) is 95.4 cm³/mol. The summed E-state index contributed by atoms with van der Waals surface area (Å²) in [6, 6.07) is 12.6. The molecule has 0 aliphatic rings. The van der Waals surface area contributed by atoms with Gasteiger partial charge < -0.3 is 10.6 Å². The molecule has 0 amide bonds. The second kappa shape index (κ2) is 7.15. The van der Waals surface area contributed by atoms with E-state index in [1.54, 1.807) is 0 Å². The number of aryl methyl sites for hydroxylation is 1. The van der Waals surface area contributed by atoms with Crippen LogP contribution in [-0.4, -0.2) is 20.6 Å². The molecule has 0 bridgehead atoms. The molecule has 2 N–H and O–H groups in total. The van der Waals surface area contributed by atoms with Crippen molar-refractivity contribution < 1.29 is 0 Å². The summed E-state index contributed by atoms with van der Waals surface area (Å²) in [5, 5.41) is 0. The zero-order chi connectivity index (χ0) is 16.1. The van der Waals surface area contributed by atoms with Crippen molar-refractivity contribution in [3.63, 3.8) is 0 Å². The first-order chi connectivity index (χ1) is 10.5. The Morgan fingerprint density at radius 2 is 1.64 bits per heavy atom. The third kappa shape index (κ3) is 3.69. The highest BCUT2D eigenvalue weighted by molar-refractivity contribution is 5.55. The first-order valence-electron chi connectivity index (χ1n) is 7.61. The number of anilines is 1. The Morgan fingerprint density at radius 1 is 0.955 bits per heavy atom. The Labute approximate surface area is 134 Å². The number of nitrogens with two attached hydrogens (primary N) is 1. The van der Waals surface area contributed by atoms with Crippen molar-refractivity contribution in [2.24, 2.45) is 5.73 Å². The summed E-state index contributed by atoms with van der Waals surface area (Å²) in [5.41, 5.74) is 12.8. The highest BCUT2D eigenvalue weighted by Crippen LogP contribution is 2.18. The number of hydrogen-bond donors (Lipinski definition) is 1. The normalized spacial score (nSPS) is 10.0.